The predicted octanol–water partition coefficient (Wildman–Crippen LogP) is 5.10. The van der Waals surface area contributed by atoms with Gasteiger partial charge in [0.15, 0.2) is 11.5 Å². The Kier molecular flexibility index (Phi) is 7.10. The number of carbonyl (C=O) groups excluding carboxylic acids is 1. The molecular formula is C22H23Cl2NO5. The molecule has 0 atom stereocenters. The van der Waals surface area contributed by atoms with Crippen molar-refractivity contribution in [2.75, 3.05) is 7.11 Å². The molecule has 8 heteroatoms. The molecule has 0 heterocycles. The molecule has 0 radical (unpaired) electrons. The Balaban J connectivity index is 1.74. The van der Waals surface area contributed by atoms with E-state index in [1.807, 2.05) is 0 Å². The number of hydrogen-bond donors (Lipinski definition) is 2. The van der Waals surface area contributed by atoms with Crippen LogP contribution in [-0.2, 0) is 11.4 Å². The molecule has 30 heavy (non-hydrogen) atoms. The van der Waals surface area contributed by atoms with Crippen molar-refractivity contribution in [3.05, 3.63) is 57.6 Å². The highest BCUT2D eigenvalue weighted by molar-refractivity contribution is 6.35. The average molecular weight is 452 g/mol. The predicted molar refractivity (Wildman–Crippen MR) is 115 cm³/mol. The van der Waals surface area contributed by atoms with Gasteiger partial charge in [-0.15, -0.1) is 0 Å². The Labute approximate surface area is 185 Å². The number of hydrogen-bond acceptors (Lipinski definition) is 4. The maximum atomic E-state index is 12.8. The third-order valence-corrected chi connectivity index (χ3v) is 5.88. The standard InChI is InChI=1S/C22H23Cl2NO5/c1-29-19-11-14(20(26)25-22(21(27)28)9-3-2-4-10-22)6-8-18(19)30-13-15-5-7-16(23)12-17(15)24/h5-8,11-12H,2-4,9-10,13H2,1H3,(H,25,26)(H,27,28). The van der Waals surface area contributed by atoms with E-state index in [1.165, 1.54) is 13.2 Å². The molecule has 0 aliphatic heterocycles. The smallest absolute Gasteiger partial charge is 0.329 e. The summed E-state index contributed by atoms with van der Waals surface area (Å²) < 4.78 is 11.2. The average Bonchev–Trinajstić information content (AvgIpc) is 2.73. The van der Waals surface area contributed by atoms with Crippen LogP contribution in [-0.4, -0.2) is 29.6 Å². The van der Waals surface area contributed by atoms with Gasteiger partial charge in [-0.2, -0.15) is 0 Å². The lowest BCUT2D eigenvalue weighted by Gasteiger charge is -2.34. The molecule has 1 aliphatic carbocycles. The van der Waals surface area contributed by atoms with Gasteiger partial charge in [0.25, 0.3) is 5.91 Å². The van der Waals surface area contributed by atoms with Gasteiger partial charge >= 0.3 is 5.97 Å². The number of amides is 1. The van der Waals surface area contributed by atoms with Gasteiger partial charge in [0.05, 0.1) is 7.11 Å². The minimum atomic E-state index is -1.22. The minimum absolute atomic E-state index is 0.194. The number of carboxylic acid groups (broad SMARTS) is 1. The Hall–Kier alpha value is -2.44. The summed E-state index contributed by atoms with van der Waals surface area (Å²) in [7, 11) is 1.47. The number of halogens is 2. The first-order valence-corrected chi connectivity index (χ1v) is 10.4. The molecule has 0 saturated heterocycles. The second kappa shape index (κ2) is 9.58. The molecule has 0 aromatic heterocycles. The topological polar surface area (TPSA) is 84.9 Å². The number of nitrogens with one attached hydrogen (secondary N) is 1. The molecule has 0 bridgehead atoms. The van der Waals surface area contributed by atoms with Crippen LogP contribution < -0.4 is 14.8 Å². The maximum Gasteiger partial charge on any atom is 0.329 e. The van der Waals surface area contributed by atoms with E-state index in [-0.39, 0.29) is 6.61 Å². The van der Waals surface area contributed by atoms with Gasteiger partial charge in [0.2, 0.25) is 0 Å². The lowest BCUT2D eigenvalue weighted by molar-refractivity contribution is -0.145. The Morgan fingerprint density at radius 2 is 1.80 bits per heavy atom. The summed E-state index contributed by atoms with van der Waals surface area (Å²) in [6.45, 7) is 0.194. The summed E-state index contributed by atoms with van der Waals surface area (Å²) in [6, 6.07) is 9.86. The van der Waals surface area contributed by atoms with Crippen LogP contribution in [0.4, 0.5) is 0 Å². The molecule has 3 rings (SSSR count). The van der Waals surface area contributed by atoms with Crippen LogP contribution in [0.5, 0.6) is 11.5 Å². The van der Waals surface area contributed by atoms with Gasteiger partial charge in [0, 0.05) is 21.2 Å². The fraction of sp³-hybridized carbons (Fsp3) is 0.364. The molecule has 2 N–H and O–H groups in total. The number of ether oxygens (including phenoxy) is 2. The number of carboxylic acids is 1. The van der Waals surface area contributed by atoms with Crippen LogP contribution in [0.25, 0.3) is 0 Å². The minimum Gasteiger partial charge on any atom is -0.493 e. The van der Waals surface area contributed by atoms with Gasteiger partial charge in [-0.05, 0) is 43.2 Å². The zero-order valence-corrected chi connectivity index (χ0v) is 18.1. The first-order valence-electron chi connectivity index (χ1n) is 9.65. The van der Waals surface area contributed by atoms with Crippen molar-refractivity contribution >= 4 is 35.1 Å². The number of aliphatic carboxylic acids is 1. The summed E-state index contributed by atoms with van der Waals surface area (Å²) in [5, 5.41) is 13.4. The van der Waals surface area contributed by atoms with Crippen molar-refractivity contribution in [2.24, 2.45) is 0 Å². The summed E-state index contributed by atoms with van der Waals surface area (Å²) in [5.74, 6) is -0.654. The van der Waals surface area contributed by atoms with E-state index in [0.29, 0.717) is 39.9 Å². The largest absolute Gasteiger partial charge is 0.493 e. The zero-order valence-electron chi connectivity index (χ0n) is 16.5. The van der Waals surface area contributed by atoms with E-state index in [4.69, 9.17) is 32.7 Å². The summed E-state index contributed by atoms with van der Waals surface area (Å²) in [6.07, 6.45) is 3.37. The van der Waals surface area contributed by atoms with Crippen LogP contribution in [0.3, 0.4) is 0 Å². The van der Waals surface area contributed by atoms with Crippen LogP contribution in [0, 0.1) is 0 Å². The van der Waals surface area contributed by atoms with Gasteiger partial charge < -0.3 is 19.9 Å². The molecule has 1 saturated carbocycles. The molecular weight excluding hydrogens is 429 g/mol. The third-order valence-electron chi connectivity index (χ3n) is 5.29. The van der Waals surface area contributed by atoms with Crippen LogP contribution >= 0.6 is 23.2 Å². The zero-order chi connectivity index (χ0) is 21.7. The van der Waals surface area contributed by atoms with Crippen LogP contribution in [0.15, 0.2) is 36.4 Å². The van der Waals surface area contributed by atoms with E-state index < -0.39 is 17.4 Å². The van der Waals surface area contributed by atoms with E-state index >= 15 is 0 Å². The fourth-order valence-corrected chi connectivity index (χ4v) is 4.02. The van der Waals surface area contributed by atoms with Gasteiger partial charge in [-0.3, -0.25) is 4.79 Å². The third kappa shape index (κ3) is 4.99. The summed E-state index contributed by atoms with van der Waals surface area (Å²) in [5.41, 5.74) is -0.163. The molecule has 0 spiro atoms. The normalized spacial score (nSPS) is 15.3. The molecule has 2 aromatic carbocycles. The number of rotatable bonds is 7. The highest BCUT2D eigenvalue weighted by atomic mass is 35.5. The summed E-state index contributed by atoms with van der Waals surface area (Å²) in [4.78, 5) is 24.6. The molecule has 1 aliphatic rings. The second-order valence-corrected chi connectivity index (χ2v) is 8.14. The second-order valence-electron chi connectivity index (χ2n) is 7.29. The Morgan fingerprint density at radius 3 is 2.43 bits per heavy atom. The summed E-state index contributed by atoms with van der Waals surface area (Å²) >= 11 is 12.1. The molecule has 1 amide bonds. The molecule has 2 aromatic rings. The van der Waals surface area contributed by atoms with Gasteiger partial charge in [0.1, 0.15) is 12.1 Å². The van der Waals surface area contributed by atoms with Crippen LogP contribution in [0.2, 0.25) is 10.0 Å². The Bertz CT molecular complexity index is 941. The van der Waals surface area contributed by atoms with Crippen molar-refractivity contribution < 1.29 is 24.2 Å². The number of methoxy groups -OCH3 is 1. The Morgan fingerprint density at radius 1 is 1.07 bits per heavy atom. The highest BCUT2D eigenvalue weighted by Gasteiger charge is 2.41. The lowest BCUT2D eigenvalue weighted by Crippen LogP contribution is -2.55. The molecule has 6 nitrogen and oxygen atoms in total. The monoisotopic (exact) mass is 451 g/mol. The van der Waals surface area contributed by atoms with E-state index in [2.05, 4.69) is 5.32 Å². The van der Waals surface area contributed by atoms with Crippen molar-refractivity contribution in [3.63, 3.8) is 0 Å². The number of benzene rings is 2. The SMILES string of the molecule is COc1cc(C(=O)NC2(C(=O)O)CCCCC2)ccc1OCc1ccc(Cl)cc1Cl. The van der Waals surface area contributed by atoms with Gasteiger partial charge in [-0.25, -0.2) is 4.79 Å². The molecule has 1 fully saturated rings. The fourth-order valence-electron chi connectivity index (χ4n) is 3.56. The van der Waals surface area contributed by atoms with E-state index in [1.54, 1.807) is 30.3 Å². The van der Waals surface area contributed by atoms with Gasteiger partial charge in [-0.1, -0.05) is 48.5 Å². The first kappa shape index (κ1) is 22.2. The maximum absolute atomic E-state index is 12.8. The van der Waals surface area contributed by atoms with Crippen molar-refractivity contribution in [3.8, 4) is 11.5 Å². The van der Waals surface area contributed by atoms with E-state index in [9.17, 15) is 14.7 Å². The molecule has 160 valence electrons. The van der Waals surface area contributed by atoms with Crippen LogP contribution in [0.1, 0.15) is 48.0 Å². The number of carbonyl (C=O) groups is 2. The molecule has 0 unspecified atom stereocenters. The quantitative estimate of drug-likeness (QED) is 0.611. The van der Waals surface area contributed by atoms with Crippen molar-refractivity contribution in [1.29, 1.82) is 0 Å². The highest BCUT2D eigenvalue weighted by Crippen LogP contribution is 2.32. The van der Waals surface area contributed by atoms with Crippen molar-refractivity contribution in [2.45, 2.75) is 44.2 Å². The first-order chi connectivity index (χ1) is 14.3. The lowest BCUT2D eigenvalue weighted by atomic mass is 9.81. The van der Waals surface area contributed by atoms with E-state index in [0.717, 1.165) is 24.8 Å². The van der Waals surface area contributed by atoms with Crippen molar-refractivity contribution in [1.82, 2.24) is 5.32 Å².